The molecule has 1 heterocycles. The number of carbonyl (C=O) groups excluding carboxylic acids is 1. The van der Waals surface area contributed by atoms with Crippen LogP contribution in [0.3, 0.4) is 0 Å². The number of rotatable bonds is 3. The van der Waals surface area contributed by atoms with Crippen LogP contribution in [0.15, 0.2) is 0 Å². The van der Waals surface area contributed by atoms with E-state index in [0.29, 0.717) is 13.0 Å². The van der Waals surface area contributed by atoms with Crippen molar-refractivity contribution >= 4 is 5.97 Å². The Labute approximate surface area is 85.5 Å². The summed E-state index contributed by atoms with van der Waals surface area (Å²) in [6, 6.07) is 0. The summed E-state index contributed by atoms with van der Waals surface area (Å²) in [6.07, 6.45) is 1.42. The molecule has 0 spiro atoms. The number of ether oxygens (including phenoxy) is 3. The maximum Gasteiger partial charge on any atom is 0.305 e. The van der Waals surface area contributed by atoms with Gasteiger partial charge in [-0.3, -0.25) is 4.79 Å². The SMILES string of the molecule is C1COCCO1.CCCC(=O)OCC. The molecule has 0 amide bonds. The zero-order valence-electron chi connectivity index (χ0n) is 9.08. The van der Waals surface area contributed by atoms with Gasteiger partial charge in [0.05, 0.1) is 33.0 Å². The first-order valence-corrected chi connectivity index (χ1v) is 5.12. The highest BCUT2D eigenvalue weighted by molar-refractivity contribution is 5.69. The Bertz CT molecular complexity index is 113. The van der Waals surface area contributed by atoms with E-state index in [9.17, 15) is 4.79 Å². The van der Waals surface area contributed by atoms with E-state index in [1.54, 1.807) is 0 Å². The predicted molar refractivity (Wildman–Crippen MR) is 53.2 cm³/mol. The molecule has 1 aliphatic rings. The van der Waals surface area contributed by atoms with Gasteiger partial charge < -0.3 is 14.2 Å². The molecular formula is C10H20O4. The maximum atomic E-state index is 10.4. The van der Waals surface area contributed by atoms with E-state index in [1.165, 1.54) is 0 Å². The van der Waals surface area contributed by atoms with Gasteiger partial charge in [0.15, 0.2) is 0 Å². The number of esters is 1. The number of carbonyl (C=O) groups is 1. The van der Waals surface area contributed by atoms with Gasteiger partial charge >= 0.3 is 5.97 Å². The van der Waals surface area contributed by atoms with E-state index in [1.807, 2.05) is 13.8 Å². The van der Waals surface area contributed by atoms with Crippen LogP contribution < -0.4 is 0 Å². The largest absolute Gasteiger partial charge is 0.466 e. The lowest BCUT2D eigenvalue weighted by atomic mass is 10.3. The van der Waals surface area contributed by atoms with Crippen LogP contribution in [-0.2, 0) is 19.0 Å². The molecular weight excluding hydrogens is 184 g/mol. The van der Waals surface area contributed by atoms with Crippen molar-refractivity contribution in [3.63, 3.8) is 0 Å². The molecule has 0 aromatic rings. The summed E-state index contributed by atoms with van der Waals surface area (Å²) in [7, 11) is 0. The Morgan fingerprint density at radius 3 is 1.93 bits per heavy atom. The van der Waals surface area contributed by atoms with Gasteiger partial charge in [0.1, 0.15) is 0 Å². The lowest BCUT2D eigenvalue weighted by Gasteiger charge is -2.09. The molecule has 0 aliphatic carbocycles. The molecule has 4 heteroatoms. The average molecular weight is 204 g/mol. The van der Waals surface area contributed by atoms with E-state index < -0.39 is 0 Å². The maximum absolute atomic E-state index is 10.4. The minimum atomic E-state index is -0.0880. The zero-order valence-corrected chi connectivity index (χ0v) is 9.08. The molecule has 4 nitrogen and oxygen atoms in total. The Kier molecular flexibility index (Phi) is 10.0. The van der Waals surface area contributed by atoms with Crippen molar-refractivity contribution in [2.24, 2.45) is 0 Å². The topological polar surface area (TPSA) is 44.8 Å². The smallest absolute Gasteiger partial charge is 0.305 e. The molecule has 0 aromatic carbocycles. The summed E-state index contributed by atoms with van der Waals surface area (Å²) in [6.45, 7) is 7.38. The van der Waals surface area contributed by atoms with Crippen LogP contribution in [0, 0.1) is 0 Å². The average Bonchev–Trinajstić information content (AvgIpc) is 2.22. The van der Waals surface area contributed by atoms with Crippen LogP contribution in [0.4, 0.5) is 0 Å². The normalized spacial score (nSPS) is 15.3. The van der Waals surface area contributed by atoms with Crippen LogP contribution in [0.5, 0.6) is 0 Å². The third kappa shape index (κ3) is 9.48. The van der Waals surface area contributed by atoms with Gasteiger partial charge in [-0.25, -0.2) is 0 Å². The zero-order chi connectivity index (χ0) is 10.6. The fraction of sp³-hybridized carbons (Fsp3) is 0.900. The molecule has 0 aromatic heterocycles. The Hall–Kier alpha value is -0.610. The first kappa shape index (κ1) is 13.4. The van der Waals surface area contributed by atoms with Crippen LogP contribution in [0.25, 0.3) is 0 Å². The Balaban J connectivity index is 0.000000249. The number of hydrogen-bond acceptors (Lipinski definition) is 4. The summed E-state index contributed by atoms with van der Waals surface area (Å²) < 4.78 is 14.5. The highest BCUT2D eigenvalue weighted by atomic mass is 16.6. The fourth-order valence-corrected chi connectivity index (χ4v) is 0.877. The number of hydrogen-bond donors (Lipinski definition) is 0. The first-order chi connectivity index (χ1) is 6.81. The van der Waals surface area contributed by atoms with Crippen molar-refractivity contribution in [3.05, 3.63) is 0 Å². The van der Waals surface area contributed by atoms with Crippen molar-refractivity contribution in [3.8, 4) is 0 Å². The van der Waals surface area contributed by atoms with Gasteiger partial charge in [0.2, 0.25) is 0 Å². The van der Waals surface area contributed by atoms with E-state index in [4.69, 9.17) is 9.47 Å². The van der Waals surface area contributed by atoms with E-state index in [0.717, 1.165) is 32.8 Å². The second-order valence-corrected chi connectivity index (χ2v) is 2.78. The predicted octanol–water partition coefficient (Wildman–Crippen LogP) is 1.38. The van der Waals surface area contributed by atoms with E-state index in [2.05, 4.69) is 4.74 Å². The summed E-state index contributed by atoms with van der Waals surface area (Å²) in [5, 5.41) is 0. The second-order valence-electron chi connectivity index (χ2n) is 2.78. The van der Waals surface area contributed by atoms with Crippen LogP contribution in [0.1, 0.15) is 26.7 Å². The third-order valence-electron chi connectivity index (χ3n) is 1.50. The van der Waals surface area contributed by atoms with Gasteiger partial charge in [-0.1, -0.05) is 6.92 Å². The van der Waals surface area contributed by atoms with Crippen molar-refractivity contribution in [2.75, 3.05) is 33.0 Å². The minimum Gasteiger partial charge on any atom is -0.466 e. The van der Waals surface area contributed by atoms with Crippen LogP contribution in [-0.4, -0.2) is 39.0 Å². The molecule has 1 saturated heterocycles. The van der Waals surface area contributed by atoms with Gasteiger partial charge in [-0.2, -0.15) is 0 Å². The second kappa shape index (κ2) is 10.5. The van der Waals surface area contributed by atoms with Gasteiger partial charge in [-0.05, 0) is 13.3 Å². The summed E-state index contributed by atoms with van der Waals surface area (Å²) >= 11 is 0. The third-order valence-corrected chi connectivity index (χ3v) is 1.50. The highest BCUT2D eigenvalue weighted by Gasteiger charge is 1.95. The van der Waals surface area contributed by atoms with Gasteiger partial charge in [0, 0.05) is 6.42 Å². The quantitative estimate of drug-likeness (QED) is 0.651. The van der Waals surface area contributed by atoms with Crippen LogP contribution in [0.2, 0.25) is 0 Å². The van der Waals surface area contributed by atoms with E-state index >= 15 is 0 Å². The Morgan fingerprint density at radius 2 is 1.64 bits per heavy atom. The highest BCUT2D eigenvalue weighted by Crippen LogP contribution is 1.89. The van der Waals surface area contributed by atoms with Crippen LogP contribution >= 0.6 is 0 Å². The molecule has 1 aliphatic heterocycles. The molecule has 1 fully saturated rings. The fourth-order valence-electron chi connectivity index (χ4n) is 0.877. The molecule has 0 N–H and O–H groups in total. The Morgan fingerprint density at radius 1 is 1.14 bits per heavy atom. The van der Waals surface area contributed by atoms with Gasteiger partial charge in [0.25, 0.3) is 0 Å². The molecule has 0 saturated carbocycles. The monoisotopic (exact) mass is 204 g/mol. The lowest BCUT2D eigenvalue weighted by molar-refractivity contribution is -0.143. The standard InChI is InChI=1S/C6H12O2.C4H8O2/c1-3-5-6(7)8-4-2;1-2-6-4-3-5-1/h3-5H2,1-2H3;1-4H2. The minimum absolute atomic E-state index is 0.0880. The molecule has 0 bridgehead atoms. The molecule has 0 radical (unpaired) electrons. The molecule has 1 rings (SSSR count). The van der Waals surface area contributed by atoms with Crippen molar-refractivity contribution < 1.29 is 19.0 Å². The van der Waals surface area contributed by atoms with Gasteiger partial charge in [-0.15, -0.1) is 0 Å². The van der Waals surface area contributed by atoms with Crippen molar-refractivity contribution in [1.29, 1.82) is 0 Å². The molecule has 84 valence electrons. The molecule has 14 heavy (non-hydrogen) atoms. The molecule has 0 unspecified atom stereocenters. The summed E-state index contributed by atoms with van der Waals surface area (Å²) in [5.74, 6) is -0.0880. The molecule has 0 atom stereocenters. The summed E-state index contributed by atoms with van der Waals surface area (Å²) in [5.41, 5.74) is 0. The lowest BCUT2D eigenvalue weighted by Crippen LogP contribution is -2.16. The van der Waals surface area contributed by atoms with Crippen molar-refractivity contribution in [1.82, 2.24) is 0 Å². The van der Waals surface area contributed by atoms with Crippen molar-refractivity contribution in [2.45, 2.75) is 26.7 Å². The van der Waals surface area contributed by atoms with E-state index in [-0.39, 0.29) is 5.97 Å². The summed E-state index contributed by atoms with van der Waals surface area (Å²) in [4.78, 5) is 10.4. The first-order valence-electron chi connectivity index (χ1n) is 5.12.